The molecule has 0 amide bonds. The molecule has 0 radical (unpaired) electrons. The third-order valence-corrected chi connectivity index (χ3v) is 3.63. The van der Waals surface area contributed by atoms with Crippen LogP contribution >= 0.6 is 0 Å². The molecule has 1 atom stereocenters. The van der Waals surface area contributed by atoms with Gasteiger partial charge in [-0.15, -0.1) is 0 Å². The normalized spacial score (nSPS) is 12.4. The zero-order chi connectivity index (χ0) is 15.1. The highest BCUT2D eigenvalue weighted by Gasteiger charge is 2.13. The number of methoxy groups -OCH3 is 1. The molecule has 2 rings (SSSR count). The Morgan fingerprint density at radius 2 is 1.86 bits per heavy atom. The van der Waals surface area contributed by atoms with Crippen molar-refractivity contribution >= 4 is 0 Å². The number of nitrogens with one attached hydrogen (secondary N) is 1. The smallest absolute Gasteiger partial charge is 0.119 e. The fourth-order valence-corrected chi connectivity index (χ4v) is 2.49. The lowest BCUT2D eigenvalue weighted by Crippen LogP contribution is -2.31. The quantitative estimate of drug-likeness (QED) is 0.845. The lowest BCUT2D eigenvalue weighted by molar-refractivity contribution is 0.289. The molecule has 0 fully saturated rings. The van der Waals surface area contributed by atoms with E-state index in [0.29, 0.717) is 0 Å². The SMILES string of the molecule is CNC(CN(C)Cc1ccccc1)c1cccc(OC)c1. The summed E-state index contributed by atoms with van der Waals surface area (Å²) >= 11 is 0. The summed E-state index contributed by atoms with van der Waals surface area (Å²) in [5.74, 6) is 0.901. The Morgan fingerprint density at radius 3 is 2.52 bits per heavy atom. The molecule has 0 spiro atoms. The van der Waals surface area contributed by atoms with E-state index in [0.717, 1.165) is 18.8 Å². The second-order valence-electron chi connectivity index (χ2n) is 5.30. The average Bonchev–Trinajstić information content (AvgIpc) is 2.53. The fraction of sp³-hybridized carbons (Fsp3) is 0.333. The van der Waals surface area contributed by atoms with Gasteiger partial charge in [-0.1, -0.05) is 42.5 Å². The minimum Gasteiger partial charge on any atom is -0.497 e. The van der Waals surface area contributed by atoms with Gasteiger partial charge >= 0.3 is 0 Å². The lowest BCUT2D eigenvalue weighted by atomic mass is 10.1. The van der Waals surface area contributed by atoms with E-state index in [4.69, 9.17) is 4.74 Å². The molecule has 2 aromatic carbocycles. The van der Waals surface area contributed by atoms with Crippen molar-refractivity contribution in [1.29, 1.82) is 0 Å². The van der Waals surface area contributed by atoms with Gasteiger partial charge in [0.25, 0.3) is 0 Å². The third kappa shape index (κ3) is 4.59. The number of benzene rings is 2. The minimum absolute atomic E-state index is 0.286. The zero-order valence-electron chi connectivity index (χ0n) is 13.0. The van der Waals surface area contributed by atoms with Crippen LogP contribution < -0.4 is 10.1 Å². The van der Waals surface area contributed by atoms with Gasteiger partial charge in [0, 0.05) is 19.1 Å². The van der Waals surface area contributed by atoms with Gasteiger partial charge < -0.3 is 15.0 Å². The van der Waals surface area contributed by atoms with Gasteiger partial charge in [-0.3, -0.25) is 0 Å². The monoisotopic (exact) mass is 284 g/mol. The molecule has 21 heavy (non-hydrogen) atoms. The summed E-state index contributed by atoms with van der Waals surface area (Å²) in [5.41, 5.74) is 2.58. The Labute approximate surface area is 127 Å². The van der Waals surface area contributed by atoms with Crippen molar-refractivity contribution in [3.8, 4) is 5.75 Å². The van der Waals surface area contributed by atoms with Crippen molar-refractivity contribution in [1.82, 2.24) is 10.2 Å². The number of hydrogen-bond acceptors (Lipinski definition) is 3. The molecule has 0 aliphatic rings. The highest BCUT2D eigenvalue weighted by molar-refractivity contribution is 5.30. The zero-order valence-corrected chi connectivity index (χ0v) is 13.0. The van der Waals surface area contributed by atoms with Crippen molar-refractivity contribution in [2.45, 2.75) is 12.6 Å². The molecule has 2 aromatic rings. The number of rotatable bonds is 7. The Hall–Kier alpha value is -1.84. The van der Waals surface area contributed by atoms with E-state index in [1.54, 1.807) is 7.11 Å². The van der Waals surface area contributed by atoms with Crippen LogP contribution in [-0.4, -0.2) is 32.6 Å². The molecule has 0 aliphatic heterocycles. The predicted molar refractivity (Wildman–Crippen MR) is 87.6 cm³/mol. The molecule has 112 valence electrons. The van der Waals surface area contributed by atoms with Gasteiger partial charge in [-0.25, -0.2) is 0 Å². The fourth-order valence-electron chi connectivity index (χ4n) is 2.49. The number of likely N-dealkylation sites (N-methyl/N-ethyl adjacent to an activating group) is 2. The first-order chi connectivity index (χ1) is 10.2. The molecule has 0 heterocycles. The summed E-state index contributed by atoms with van der Waals surface area (Å²) in [6.07, 6.45) is 0. The van der Waals surface area contributed by atoms with Crippen LogP contribution in [0.2, 0.25) is 0 Å². The van der Waals surface area contributed by atoms with Crippen LogP contribution in [0.25, 0.3) is 0 Å². The molecule has 0 aliphatic carbocycles. The largest absolute Gasteiger partial charge is 0.497 e. The molecule has 0 saturated heterocycles. The maximum absolute atomic E-state index is 5.31. The maximum Gasteiger partial charge on any atom is 0.119 e. The summed E-state index contributed by atoms with van der Waals surface area (Å²) in [4.78, 5) is 2.33. The lowest BCUT2D eigenvalue weighted by Gasteiger charge is -2.24. The Kier molecular flexibility index (Phi) is 5.78. The standard InChI is InChI=1S/C18H24N2O/c1-19-18(16-10-7-11-17(12-16)21-3)14-20(2)13-15-8-5-4-6-9-15/h4-12,18-19H,13-14H2,1-3H3. The highest BCUT2D eigenvalue weighted by atomic mass is 16.5. The summed E-state index contributed by atoms with van der Waals surface area (Å²) in [6, 6.07) is 19.1. The average molecular weight is 284 g/mol. The van der Waals surface area contributed by atoms with Crippen LogP contribution in [0.4, 0.5) is 0 Å². The molecule has 1 unspecified atom stereocenters. The van der Waals surface area contributed by atoms with Gasteiger partial charge in [0.2, 0.25) is 0 Å². The van der Waals surface area contributed by atoms with Crippen LogP contribution in [0.5, 0.6) is 5.75 Å². The van der Waals surface area contributed by atoms with Crippen molar-refractivity contribution < 1.29 is 4.74 Å². The first-order valence-electron chi connectivity index (χ1n) is 7.26. The molecule has 0 saturated carbocycles. The summed E-state index contributed by atoms with van der Waals surface area (Å²) < 4.78 is 5.31. The number of nitrogens with zero attached hydrogens (tertiary/aromatic N) is 1. The van der Waals surface area contributed by atoms with Crippen LogP contribution in [0.15, 0.2) is 54.6 Å². The third-order valence-electron chi connectivity index (χ3n) is 3.63. The molecular formula is C18H24N2O. The minimum atomic E-state index is 0.286. The van der Waals surface area contributed by atoms with Crippen molar-refractivity contribution in [3.05, 3.63) is 65.7 Å². The first kappa shape index (κ1) is 15.5. The molecule has 1 N–H and O–H groups in total. The molecule has 0 bridgehead atoms. The van der Waals surface area contributed by atoms with Crippen molar-refractivity contribution in [3.63, 3.8) is 0 Å². The van der Waals surface area contributed by atoms with Crippen LogP contribution in [0.3, 0.4) is 0 Å². The molecule has 3 heteroatoms. The van der Waals surface area contributed by atoms with E-state index in [9.17, 15) is 0 Å². The van der Waals surface area contributed by atoms with Crippen molar-refractivity contribution in [2.75, 3.05) is 27.7 Å². The topological polar surface area (TPSA) is 24.5 Å². The van der Waals surface area contributed by atoms with E-state index in [-0.39, 0.29) is 6.04 Å². The van der Waals surface area contributed by atoms with Crippen LogP contribution in [0.1, 0.15) is 17.2 Å². The van der Waals surface area contributed by atoms with Gasteiger partial charge in [0.1, 0.15) is 5.75 Å². The van der Waals surface area contributed by atoms with Gasteiger partial charge in [0.15, 0.2) is 0 Å². The van der Waals surface area contributed by atoms with E-state index in [1.165, 1.54) is 11.1 Å². The Bertz CT molecular complexity index is 542. The van der Waals surface area contributed by atoms with Crippen LogP contribution in [-0.2, 0) is 6.54 Å². The van der Waals surface area contributed by atoms with Crippen molar-refractivity contribution in [2.24, 2.45) is 0 Å². The maximum atomic E-state index is 5.31. The number of hydrogen-bond donors (Lipinski definition) is 1. The van der Waals surface area contributed by atoms with E-state index >= 15 is 0 Å². The second-order valence-corrected chi connectivity index (χ2v) is 5.30. The first-order valence-corrected chi connectivity index (χ1v) is 7.26. The Balaban J connectivity index is 2.01. The van der Waals surface area contributed by atoms with E-state index in [1.807, 2.05) is 19.2 Å². The van der Waals surface area contributed by atoms with Gasteiger partial charge in [-0.2, -0.15) is 0 Å². The summed E-state index contributed by atoms with van der Waals surface area (Å²) in [7, 11) is 5.85. The molecule has 0 aromatic heterocycles. The van der Waals surface area contributed by atoms with E-state index in [2.05, 4.69) is 59.7 Å². The van der Waals surface area contributed by atoms with Crippen LogP contribution in [0, 0.1) is 0 Å². The molecular weight excluding hydrogens is 260 g/mol. The second kappa shape index (κ2) is 7.81. The molecule has 3 nitrogen and oxygen atoms in total. The predicted octanol–water partition coefficient (Wildman–Crippen LogP) is 3.09. The summed E-state index contributed by atoms with van der Waals surface area (Å²) in [5, 5.41) is 3.39. The van der Waals surface area contributed by atoms with Gasteiger partial charge in [0.05, 0.1) is 7.11 Å². The Morgan fingerprint density at radius 1 is 1.10 bits per heavy atom. The summed E-state index contributed by atoms with van der Waals surface area (Å²) in [6.45, 7) is 1.89. The highest BCUT2D eigenvalue weighted by Crippen LogP contribution is 2.20. The number of ether oxygens (including phenoxy) is 1. The van der Waals surface area contributed by atoms with Gasteiger partial charge in [-0.05, 0) is 37.4 Å². The van der Waals surface area contributed by atoms with E-state index < -0.39 is 0 Å².